The summed E-state index contributed by atoms with van der Waals surface area (Å²) < 4.78 is 13.2. The average molecular weight is 504 g/mol. The second-order valence-corrected chi connectivity index (χ2v) is 10.1. The number of hydrogen-bond donors (Lipinski definition) is 1. The number of nitrogens with zero attached hydrogens (tertiary/aromatic N) is 1. The van der Waals surface area contributed by atoms with E-state index < -0.39 is 11.7 Å². The summed E-state index contributed by atoms with van der Waals surface area (Å²) in [5.41, 5.74) is 9.83. The van der Waals surface area contributed by atoms with Crippen molar-refractivity contribution in [2.75, 3.05) is 18.0 Å². The monoisotopic (exact) mass is 504 g/mol. The molecule has 3 aliphatic rings. The van der Waals surface area contributed by atoms with Gasteiger partial charge in [-0.3, -0.25) is 4.79 Å². The maximum atomic E-state index is 12.4. The number of fused-ring (bicyclic) bond motifs is 1. The lowest BCUT2D eigenvalue weighted by atomic mass is 9.91. The second-order valence-electron chi connectivity index (χ2n) is 8.91. The first-order chi connectivity index (χ1) is 13.8. The van der Waals surface area contributed by atoms with Crippen LogP contribution in [0.15, 0.2) is 30.3 Å². The van der Waals surface area contributed by atoms with Gasteiger partial charge in [0, 0.05) is 41.6 Å². The van der Waals surface area contributed by atoms with E-state index in [-0.39, 0.29) is 0 Å². The zero-order valence-electron chi connectivity index (χ0n) is 16.8. The summed E-state index contributed by atoms with van der Waals surface area (Å²) in [4.78, 5) is 14.7. The number of para-hydroxylation sites is 1. The SMILES string of the molecule is CC1(C)Oc2cccc(-c3c(I)ccc(C(N)=O)c3N3CCC4(CC3)CC4)c2O1. The summed E-state index contributed by atoms with van der Waals surface area (Å²) in [7, 11) is 0. The Kier molecular flexibility index (Phi) is 4.28. The van der Waals surface area contributed by atoms with E-state index in [2.05, 4.69) is 27.5 Å². The summed E-state index contributed by atoms with van der Waals surface area (Å²) in [5.74, 6) is 0.354. The number of primary amides is 1. The fourth-order valence-corrected chi connectivity index (χ4v) is 5.39. The Bertz CT molecular complexity index is 1000. The van der Waals surface area contributed by atoms with Crippen molar-refractivity contribution < 1.29 is 14.3 Å². The number of carbonyl (C=O) groups excluding carboxylic acids is 1. The Hall–Kier alpha value is -1.96. The molecule has 5 nitrogen and oxygen atoms in total. The van der Waals surface area contributed by atoms with E-state index >= 15 is 0 Å². The minimum atomic E-state index is -0.713. The average Bonchev–Trinajstić information content (AvgIpc) is 3.33. The van der Waals surface area contributed by atoms with Crippen LogP contribution >= 0.6 is 22.6 Å². The Labute approximate surface area is 184 Å². The van der Waals surface area contributed by atoms with Crippen LogP contribution in [0, 0.1) is 8.99 Å². The quantitative estimate of drug-likeness (QED) is 0.602. The number of piperidine rings is 1. The van der Waals surface area contributed by atoms with Gasteiger partial charge in [-0.25, -0.2) is 0 Å². The third-order valence-corrected chi connectivity index (χ3v) is 7.34. The van der Waals surface area contributed by atoms with Gasteiger partial charge in [-0.2, -0.15) is 0 Å². The number of carbonyl (C=O) groups is 1. The van der Waals surface area contributed by atoms with Crippen molar-refractivity contribution in [2.24, 2.45) is 11.1 Å². The molecule has 0 atom stereocenters. The minimum Gasteiger partial charge on any atom is -0.449 e. The van der Waals surface area contributed by atoms with Crippen molar-refractivity contribution in [3.63, 3.8) is 0 Å². The molecule has 0 bridgehead atoms. The molecule has 6 heteroatoms. The molecular weight excluding hydrogens is 479 g/mol. The highest BCUT2D eigenvalue weighted by Crippen LogP contribution is 2.55. The van der Waals surface area contributed by atoms with Gasteiger partial charge in [-0.15, -0.1) is 0 Å². The molecule has 1 aliphatic carbocycles. The van der Waals surface area contributed by atoms with E-state index in [1.807, 2.05) is 44.2 Å². The zero-order valence-corrected chi connectivity index (χ0v) is 18.9. The minimum absolute atomic E-state index is 0.394. The molecule has 1 saturated heterocycles. The highest BCUT2D eigenvalue weighted by molar-refractivity contribution is 14.1. The standard InChI is InChI=1S/C23H25IN2O3/c1-22(2)28-17-5-3-4-14(20(17)29-22)18-16(24)7-6-15(21(25)27)19(18)26-12-10-23(8-9-23)11-13-26/h3-7H,8-13H2,1-2H3,(H2,25,27). The smallest absolute Gasteiger partial charge is 0.250 e. The number of nitrogens with two attached hydrogens (primary N) is 1. The number of ether oxygens (including phenoxy) is 2. The summed E-state index contributed by atoms with van der Waals surface area (Å²) in [6.45, 7) is 5.71. The van der Waals surface area contributed by atoms with E-state index in [0.717, 1.165) is 45.0 Å². The van der Waals surface area contributed by atoms with Crippen LogP contribution in [0.25, 0.3) is 11.1 Å². The van der Waals surface area contributed by atoms with Crippen LogP contribution < -0.4 is 20.1 Å². The fraction of sp³-hybridized carbons (Fsp3) is 0.435. The van der Waals surface area contributed by atoms with Crippen molar-refractivity contribution >= 4 is 34.2 Å². The molecule has 2 N–H and O–H groups in total. The molecule has 2 aliphatic heterocycles. The van der Waals surface area contributed by atoms with E-state index in [9.17, 15) is 4.79 Å². The molecule has 2 fully saturated rings. The molecule has 5 rings (SSSR count). The molecule has 1 spiro atoms. The Morgan fingerprint density at radius 1 is 1.07 bits per heavy atom. The molecule has 29 heavy (non-hydrogen) atoms. The second kappa shape index (κ2) is 6.52. The number of rotatable bonds is 3. The van der Waals surface area contributed by atoms with Crippen LogP contribution in [0.5, 0.6) is 11.5 Å². The van der Waals surface area contributed by atoms with Gasteiger partial charge in [-0.1, -0.05) is 12.1 Å². The van der Waals surface area contributed by atoms with E-state index in [0.29, 0.717) is 11.0 Å². The number of anilines is 1. The van der Waals surface area contributed by atoms with Crippen LogP contribution in [-0.2, 0) is 0 Å². The number of benzene rings is 2. The van der Waals surface area contributed by atoms with Gasteiger partial charge >= 0.3 is 0 Å². The topological polar surface area (TPSA) is 64.8 Å². The van der Waals surface area contributed by atoms with Crippen molar-refractivity contribution in [3.05, 3.63) is 39.5 Å². The third-order valence-electron chi connectivity index (χ3n) is 6.44. The fourth-order valence-electron chi connectivity index (χ4n) is 4.66. The van der Waals surface area contributed by atoms with Gasteiger partial charge in [0.05, 0.1) is 11.3 Å². The molecule has 1 amide bonds. The molecule has 2 aromatic carbocycles. The first kappa shape index (κ1) is 19.0. The van der Waals surface area contributed by atoms with Gasteiger partial charge in [0.2, 0.25) is 5.79 Å². The largest absolute Gasteiger partial charge is 0.449 e. The predicted octanol–water partition coefficient (Wildman–Crippen LogP) is 4.94. The molecule has 0 aromatic heterocycles. The van der Waals surface area contributed by atoms with E-state index in [4.69, 9.17) is 15.2 Å². The van der Waals surface area contributed by atoms with Crippen molar-refractivity contribution in [1.82, 2.24) is 0 Å². The molecule has 2 aromatic rings. The van der Waals surface area contributed by atoms with Gasteiger partial charge in [0.15, 0.2) is 11.5 Å². The maximum Gasteiger partial charge on any atom is 0.250 e. The lowest BCUT2D eigenvalue weighted by Crippen LogP contribution is -2.36. The Morgan fingerprint density at radius 3 is 2.45 bits per heavy atom. The molecule has 2 heterocycles. The molecule has 1 saturated carbocycles. The highest BCUT2D eigenvalue weighted by atomic mass is 127. The zero-order chi connectivity index (χ0) is 20.4. The van der Waals surface area contributed by atoms with Crippen molar-refractivity contribution in [3.8, 4) is 22.6 Å². The summed E-state index contributed by atoms with van der Waals surface area (Å²) >= 11 is 2.34. The van der Waals surface area contributed by atoms with Gasteiger partial charge in [0.25, 0.3) is 5.91 Å². The van der Waals surface area contributed by atoms with E-state index in [1.54, 1.807) is 0 Å². The summed E-state index contributed by atoms with van der Waals surface area (Å²) in [6, 6.07) is 9.77. The lowest BCUT2D eigenvalue weighted by molar-refractivity contribution is -0.0429. The van der Waals surface area contributed by atoms with Gasteiger partial charge < -0.3 is 20.1 Å². The number of amides is 1. The molecule has 152 valence electrons. The first-order valence-corrected chi connectivity index (χ1v) is 11.3. The van der Waals surface area contributed by atoms with Crippen LogP contribution in [0.2, 0.25) is 0 Å². The van der Waals surface area contributed by atoms with Crippen LogP contribution in [0.4, 0.5) is 5.69 Å². The van der Waals surface area contributed by atoms with E-state index in [1.165, 1.54) is 25.7 Å². The number of hydrogen-bond acceptors (Lipinski definition) is 4. The van der Waals surface area contributed by atoms with Gasteiger partial charge in [-0.05, 0) is 71.9 Å². The summed E-state index contributed by atoms with van der Waals surface area (Å²) in [5, 5.41) is 0. The summed E-state index contributed by atoms with van der Waals surface area (Å²) in [6.07, 6.45) is 5.04. The first-order valence-electron chi connectivity index (χ1n) is 10.2. The molecule has 0 unspecified atom stereocenters. The van der Waals surface area contributed by atoms with Crippen LogP contribution in [0.3, 0.4) is 0 Å². The Balaban J connectivity index is 1.67. The maximum absolute atomic E-state index is 12.4. The Morgan fingerprint density at radius 2 is 1.79 bits per heavy atom. The molecular formula is C23H25IN2O3. The number of halogens is 1. The lowest BCUT2D eigenvalue weighted by Gasteiger charge is -2.36. The van der Waals surface area contributed by atoms with Crippen molar-refractivity contribution in [2.45, 2.75) is 45.3 Å². The van der Waals surface area contributed by atoms with Crippen molar-refractivity contribution in [1.29, 1.82) is 0 Å². The normalized spacial score (nSPS) is 20.7. The third kappa shape index (κ3) is 3.25. The highest BCUT2D eigenvalue weighted by Gasteiger charge is 2.45. The van der Waals surface area contributed by atoms with Crippen LogP contribution in [0.1, 0.15) is 49.9 Å². The molecule has 0 radical (unpaired) electrons. The van der Waals surface area contributed by atoms with Gasteiger partial charge in [0.1, 0.15) is 0 Å². The van der Waals surface area contributed by atoms with Crippen LogP contribution in [-0.4, -0.2) is 24.8 Å². The predicted molar refractivity (Wildman–Crippen MR) is 122 cm³/mol.